The van der Waals surface area contributed by atoms with E-state index in [1.807, 2.05) is 54.6 Å². The molecular formula is C23H20N6O2S. The summed E-state index contributed by atoms with van der Waals surface area (Å²) in [5.41, 5.74) is 3.93. The van der Waals surface area contributed by atoms with Crippen LogP contribution >= 0.6 is 0 Å². The van der Waals surface area contributed by atoms with Crippen LogP contribution in [-0.2, 0) is 10.0 Å². The maximum absolute atomic E-state index is 11.4. The van der Waals surface area contributed by atoms with Crippen molar-refractivity contribution in [2.45, 2.75) is 0 Å². The number of pyridine rings is 1. The molecule has 0 saturated carbocycles. The van der Waals surface area contributed by atoms with Crippen molar-refractivity contribution >= 4 is 60.5 Å². The average Bonchev–Trinajstić information content (AvgIpc) is 3.17. The number of nitrogens with one attached hydrogen (secondary N) is 4. The van der Waals surface area contributed by atoms with Crippen LogP contribution in [0.4, 0.5) is 28.7 Å². The number of sulfonamides is 1. The van der Waals surface area contributed by atoms with Gasteiger partial charge in [-0.2, -0.15) is 5.10 Å². The molecule has 9 heteroatoms. The zero-order valence-corrected chi connectivity index (χ0v) is 17.9. The zero-order valence-electron chi connectivity index (χ0n) is 17.1. The Balaban J connectivity index is 1.48. The lowest BCUT2D eigenvalue weighted by atomic mass is 10.1. The summed E-state index contributed by atoms with van der Waals surface area (Å²) in [6, 6.07) is 24.7. The highest BCUT2D eigenvalue weighted by atomic mass is 32.2. The lowest BCUT2D eigenvalue weighted by Gasteiger charge is -2.13. The minimum absolute atomic E-state index is 0.497. The lowest BCUT2D eigenvalue weighted by molar-refractivity contribution is 0.607. The third kappa shape index (κ3) is 4.19. The van der Waals surface area contributed by atoms with E-state index >= 15 is 0 Å². The topological polar surface area (TPSA) is 112 Å². The number of benzene rings is 3. The van der Waals surface area contributed by atoms with E-state index in [-0.39, 0.29) is 0 Å². The molecule has 0 spiro atoms. The summed E-state index contributed by atoms with van der Waals surface area (Å²) in [7, 11) is -3.32. The van der Waals surface area contributed by atoms with Crippen molar-refractivity contribution in [3.05, 3.63) is 78.9 Å². The minimum Gasteiger partial charge on any atom is -0.340 e. The highest BCUT2D eigenvalue weighted by Gasteiger charge is 2.10. The number of anilines is 5. The van der Waals surface area contributed by atoms with Gasteiger partial charge in [-0.1, -0.05) is 30.3 Å². The first-order valence-corrected chi connectivity index (χ1v) is 11.8. The van der Waals surface area contributed by atoms with Crippen LogP contribution in [-0.4, -0.2) is 29.9 Å². The minimum atomic E-state index is -3.32. The number of para-hydroxylation sites is 2. The van der Waals surface area contributed by atoms with Crippen molar-refractivity contribution in [2.75, 3.05) is 21.6 Å². The second kappa shape index (κ2) is 7.86. The van der Waals surface area contributed by atoms with Gasteiger partial charge >= 0.3 is 0 Å². The van der Waals surface area contributed by atoms with Gasteiger partial charge in [-0.15, -0.1) is 0 Å². The Hall–Kier alpha value is -4.11. The highest BCUT2D eigenvalue weighted by Crippen LogP contribution is 2.31. The molecule has 2 aromatic heterocycles. The van der Waals surface area contributed by atoms with Gasteiger partial charge in [0.1, 0.15) is 5.82 Å². The number of fused-ring (bicyclic) bond motifs is 2. The van der Waals surface area contributed by atoms with Gasteiger partial charge in [0.25, 0.3) is 0 Å². The van der Waals surface area contributed by atoms with Gasteiger partial charge in [-0.3, -0.25) is 9.82 Å². The first kappa shape index (κ1) is 19.8. The summed E-state index contributed by atoms with van der Waals surface area (Å²) in [5, 5.41) is 16.1. The van der Waals surface area contributed by atoms with E-state index in [1.54, 1.807) is 24.3 Å². The molecule has 160 valence electrons. The maximum atomic E-state index is 11.4. The highest BCUT2D eigenvalue weighted by molar-refractivity contribution is 7.92. The molecule has 0 radical (unpaired) electrons. The summed E-state index contributed by atoms with van der Waals surface area (Å²) >= 11 is 0. The van der Waals surface area contributed by atoms with Crippen molar-refractivity contribution in [1.82, 2.24) is 15.2 Å². The Morgan fingerprint density at radius 1 is 0.812 bits per heavy atom. The van der Waals surface area contributed by atoms with Gasteiger partial charge in [0.05, 0.1) is 23.0 Å². The van der Waals surface area contributed by atoms with Crippen molar-refractivity contribution in [3.8, 4) is 0 Å². The molecule has 8 nitrogen and oxygen atoms in total. The molecule has 0 saturated heterocycles. The van der Waals surface area contributed by atoms with Crippen LogP contribution in [0.2, 0.25) is 0 Å². The van der Waals surface area contributed by atoms with Gasteiger partial charge in [0.15, 0.2) is 5.82 Å². The van der Waals surface area contributed by atoms with E-state index in [0.717, 1.165) is 45.3 Å². The van der Waals surface area contributed by atoms with Gasteiger partial charge in [0.2, 0.25) is 10.0 Å². The van der Waals surface area contributed by atoms with Gasteiger partial charge < -0.3 is 10.6 Å². The van der Waals surface area contributed by atoms with E-state index in [4.69, 9.17) is 4.98 Å². The summed E-state index contributed by atoms with van der Waals surface area (Å²) < 4.78 is 25.3. The van der Waals surface area contributed by atoms with Crippen molar-refractivity contribution in [2.24, 2.45) is 0 Å². The van der Waals surface area contributed by atoms with E-state index in [9.17, 15) is 8.42 Å². The Bertz CT molecular complexity index is 1530. The van der Waals surface area contributed by atoms with Crippen LogP contribution < -0.4 is 15.4 Å². The summed E-state index contributed by atoms with van der Waals surface area (Å²) in [6.07, 6.45) is 1.12. The standard InChI is InChI=1S/C23H20N6O2S/c1-32(30,31)29-16-12-10-15(11-13-16)24-22-14-21(17-6-2-4-8-19(17)25-22)26-23-18-7-3-5-9-20(18)27-28-23/h2-14,29H,1H3,(H3,24,25,26,27,28). The summed E-state index contributed by atoms with van der Waals surface area (Å²) in [4.78, 5) is 4.71. The second-order valence-corrected chi connectivity index (χ2v) is 9.14. The van der Waals surface area contributed by atoms with E-state index < -0.39 is 10.0 Å². The molecule has 0 aliphatic carbocycles. The van der Waals surface area contributed by atoms with E-state index in [0.29, 0.717) is 11.5 Å². The van der Waals surface area contributed by atoms with Gasteiger partial charge in [0, 0.05) is 28.2 Å². The molecule has 5 rings (SSSR count). The molecule has 4 N–H and O–H groups in total. The first-order valence-electron chi connectivity index (χ1n) is 9.89. The molecule has 32 heavy (non-hydrogen) atoms. The molecule has 0 amide bonds. The molecule has 3 aromatic carbocycles. The lowest BCUT2D eigenvalue weighted by Crippen LogP contribution is -2.09. The molecule has 5 aromatic rings. The number of aromatic nitrogens is 3. The number of hydrogen-bond donors (Lipinski definition) is 4. The number of rotatable bonds is 6. The molecule has 0 atom stereocenters. The zero-order chi connectivity index (χ0) is 22.1. The number of nitrogens with zero attached hydrogens (tertiary/aromatic N) is 2. The molecule has 0 fully saturated rings. The maximum Gasteiger partial charge on any atom is 0.229 e. The fourth-order valence-corrected chi connectivity index (χ4v) is 4.08. The van der Waals surface area contributed by atoms with Gasteiger partial charge in [-0.25, -0.2) is 13.4 Å². The number of hydrogen-bond acceptors (Lipinski definition) is 6. The predicted molar refractivity (Wildman–Crippen MR) is 129 cm³/mol. The smallest absolute Gasteiger partial charge is 0.229 e. The van der Waals surface area contributed by atoms with Crippen LogP contribution in [0.25, 0.3) is 21.8 Å². The quantitative estimate of drug-likeness (QED) is 0.294. The third-order valence-electron chi connectivity index (χ3n) is 4.90. The summed E-state index contributed by atoms with van der Waals surface area (Å²) in [6.45, 7) is 0. The molecule has 0 aliphatic heterocycles. The Morgan fingerprint density at radius 3 is 2.28 bits per heavy atom. The van der Waals surface area contributed by atoms with Crippen molar-refractivity contribution in [3.63, 3.8) is 0 Å². The normalized spacial score (nSPS) is 11.5. The Labute approximate surface area is 184 Å². The average molecular weight is 445 g/mol. The van der Waals surface area contributed by atoms with E-state index in [2.05, 4.69) is 25.6 Å². The predicted octanol–water partition coefficient (Wildman–Crippen LogP) is 4.97. The SMILES string of the molecule is CS(=O)(=O)Nc1ccc(Nc2cc(Nc3n[nH]c4ccccc34)c3ccccc3n2)cc1. The van der Waals surface area contributed by atoms with Crippen LogP contribution in [0.1, 0.15) is 0 Å². The van der Waals surface area contributed by atoms with Gasteiger partial charge in [-0.05, 0) is 42.5 Å². The van der Waals surface area contributed by atoms with Crippen molar-refractivity contribution < 1.29 is 8.42 Å². The Morgan fingerprint density at radius 2 is 1.50 bits per heavy atom. The van der Waals surface area contributed by atoms with Crippen LogP contribution in [0, 0.1) is 0 Å². The molecule has 0 aliphatic rings. The van der Waals surface area contributed by atoms with E-state index in [1.165, 1.54) is 0 Å². The van der Waals surface area contributed by atoms with Crippen molar-refractivity contribution in [1.29, 1.82) is 0 Å². The molecular weight excluding hydrogens is 424 g/mol. The Kier molecular flexibility index (Phi) is 4.87. The third-order valence-corrected chi connectivity index (χ3v) is 5.51. The fraction of sp³-hybridized carbons (Fsp3) is 0.0435. The molecule has 0 unspecified atom stereocenters. The monoisotopic (exact) mass is 444 g/mol. The largest absolute Gasteiger partial charge is 0.340 e. The fourth-order valence-electron chi connectivity index (χ4n) is 3.51. The van der Waals surface area contributed by atoms with Crippen LogP contribution in [0.15, 0.2) is 78.9 Å². The first-order chi connectivity index (χ1) is 15.4. The second-order valence-electron chi connectivity index (χ2n) is 7.39. The van der Waals surface area contributed by atoms with Crippen LogP contribution in [0.3, 0.4) is 0 Å². The number of aromatic amines is 1. The number of H-pyrrole nitrogens is 1. The molecule has 2 heterocycles. The molecule has 0 bridgehead atoms. The summed E-state index contributed by atoms with van der Waals surface area (Å²) in [5.74, 6) is 1.38. The van der Waals surface area contributed by atoms with Crippen LogP contribution in [0.5, 0.6) is 0 Å².